The molecule has 0 aromatic heterocycles. The van der Waals surface area contributed by atoms with Gasteiger partial charge in [0.05, 0.1) is 19.4 Å². The third-order valence-electron chi connectivity index (χ3n) is 4.55. The topological polar surface area (TPSA) is 43.2 Å². The van der Waals surface area contributed by atoms with Crippen LogP contribution < -0.4 is 0 Å². The molecule has 0 amide bonds. The van der Waals surface area contributed by atoms with Crippen molar-refractivity contribution in [3.8, 4) is 0 Å². The molecule has 2 aliphatic rings. The lowest BCUT2D eigenvalue weighted by Gasteiger charge is -2.30. The average Bonchev–Trinajstić information content (AvgIpc) is 3.06. The van der Waals surface area contributed by atoms with Crippen LogP contribution >= 0.6 is 0 Å². The molecule has 3 rings (SSSR count). The van der Waals surface area contributed by atoms with Gasteiger partial charge in [0.25, 0.3) is 0 Å². The van der Waals surface area contributed by atoms with E-state index >= 15 is 0 Å². The lowest BCUT2D eigenvalue weighted by atomic mass is 9.88. The molecule has 0 spiro atoms. The first kappa shape index (κ1) is 17.5. The van der Waals surface area contributed by atoms with Crippen LogP contribution in [0.15, 0.2) is 52.5 Å². The molecule has 0 bridgehead atoms. The molecular weight excluding hydrogens is 319 g/mol. The number of rotatable bonds is 4. The first-order valence-electron chi connectivity index (χ1n) is 8.43. The van der Waals surface area contributed by atoms with Gasteiger partial charge in [-0.05, 0) is 29.7 Å². The van der Waals surface area contributed by atoms with Crippen molar-refractivity contribution in [2.24, 2.45) is 9.98 Å². The maximum Gasteiger partial charge on any atom is 0.239 e. The molecule has 0 aliphatic carbocycles. The molecule has 1 saturated heterocycles. The Labute approximate surface area is 147 Å². The molecule has 2 aliphatic heterocycles. The standard InChI is InChI=1S/C20H23FN2O2/c1-14-12-18(22-13-14)19(24-3)23-15(2)16-4-6-17(7-5-16)20(21)8-10-25-11-9-20/h4-7,12H,2,8-11,13H2,1,3H3. The molecule has 25 heavy (non-hydrogen) atoms. The SMILES string of the molecule is C=C(N=C(OC)C1=NCC(C)=C1)c1ccc(C2(F)CCOCC2)cc1. The number of ether oxygens (including phenoxy) is 2. The molecule has 2 heterocycles. The maximum atomic E-state index is 15.0. The van der Waals surface area contributed by atoms with Crippen molar-refractivity contribution in [2.45, 2.75) is 25.4 Å². The van der Waals surface area contributed by atoms with Gasteiger partial charge in [0.15, 0.2) is 0 Å². The Balaban J connectivity index is 1.77. The number of aliphatic imine (C=N–C) groups is 2. The van der Waals surface area contributed by atoms with Crippen LogP contribution in [0.25, 0.3) is 5.70 Å². The molecule has 0 radical (unpaired) electrons. The summed E-state index contributed by atoms with van der Waals surface area (Å²) in [5, 5.41) is 0. The van der Waals surface area contributed by atoms with Gasteiger partial charge in [-0.25, -0.2) is 9.38 Å². The second-order valence-electron chi connectivity index (χ2n) is 6.41. The monoisotopic (exact) mass is 342 g/mol. The number of alkyl halides is 1. The minimum Gasteiger partial charge on any atom is -0.479 e. The number of hydrogen-bond acceptors (Lipinski definition) is 4. The number of hydrogen-bond donors (Lipinski definition) is 0. The van der Waals surface area contributed by atoms with E-state index in [4.69, 9.17) is 9.47 Å². The zero-order chi connectivity index (χ0) is 17.9. The van der Waals surface area contributed by atoms with Crippen molar-refractivity contribution in [1.82, 2.24) is 0 Å². The van der Waals surface area contributed by atoms with E-state index in [-0.39, 0.29) is 0 Å². The fourth-order valence-corrected chi connectivity index (χ4v) is 3.00. The van der Waals surface area contributed by atoms with E-state index in [9.17, 15) is 4.39 Å². The third kappa shape index (κ3) is 3.87. The van der Waals surface area contributed by atoms with Crippen molar-refractivity contribution in [3.05, 3.63) is 53.6 Å². The molecule has 0 atom stereocenters. The van der Waals surface area contributed by atoms with Crippen molar-refractivity contribution >= 4 is 17.3 Å². The fraction of sp³-hybridized carbons (Fsp3) is 0.400. The summed E-state index contributed by atoms with van der Waals surface area (Å²) >= 11 is 0. The van der Waals surface area contributed by atoms with Crippen LogP contribution in [0.5, 0.6) is 0 Å². The summed E-state index contributed by atoms with van der Waals surface area (Å²) in [4.78, 5) is 8.84. The van der Waals surface area contributed by atoms with Gasteiger partial charge >= 0.3 is 0 Å². The summed E-state index contributed by atoms with van der Waals surface area (Å²) in [5.41, 5.74) is 2.65. The zero-order valence-corrected chi connectivity index (χ0v) is 14.7. The number of benzene rings is 1. The normalized spacial score (nSPS) is 20.0. The summed E-state index contributed by atoms with van der Waals surface area (Å²) in [5.74, 6) is 0.442. The first-order chi connectivity index (χ1) is 12.0. The second kappa shape index (κ2) is 7.31. The van der Waals surface area contributed by atoms with Gasteiger partial charge in [-0.1, -0.05) is 30.8 Å². The molecule has 1 aromatic carbocycles. The highest BCUT2D eigenvalue weighted by atomic mass is 19.1. The van der Waals surface area contributed by atoms with Crippen LogP contribution in [0.1, 0.15) is 30.9 Å². The quantitative estimate of drug-likeness (QED) is 0.611. The van der Waals surface area contributed by atoms with Gasteiger partial charge in [-0.2, -0.15) is 0 Å². The Morgan fingerprint density at radius 1 is 1.28 bits per heavy atom. The van der Waals surface area contributed by atoms with Gasteiger partial charge < -0.3 is 9.47 Å². The van der Waals surface area contributed by atoms with Crippen molar-refractivity contribution < 1.29 is 13.9 Å². The fourth-order valence-electron chi connectivity index (χ4n) is 3.00. The van der Waals surface area contributed by atoms with Crippen molar-refractivity contribution in [2.75, 3.05) is 26.9 Å². The van der Waals surface area contributed by atoms with Gasteiger partial charge in [-0.3, -0.25) is 4.99 Å². The summed E-state index contributed by atoms with van der Waals surface area (Å²) < 4.78 is 25.6. The zero-order valence-electron chi connectivity index (χ0n) is 14.7. The largest absolute Gasteiger partial charge is 0.479 e. The van der Waals surface area contributed by atoms with Crippen LogP contribution in [-0.4, -0.2) is 38.5 Å². The van der Waals surface area contributed by atoms with Gasteiger partial charge in [0.1, 0.15) is 11.4 Å². The summed E-state index contributed by atoms with van der Waals surface area (Å²) in [6.45, 7) is 7.61. The number of methoxy groups -OCH3 is 1. The molecule has 0 unspecified atom stereocenters. The van der Waals surface area contributed by atoms with E-state index in [1.807, 2.05) is 37.3 Å². The van der Waals surface area contributed by atoms with Crippen LogP contribution in [0, 0.1) is 0 Å². The maximum absolute atomic E-state index is 15.0. The van der Waals surface area contributed by atoms with E-state index in [1.165, 1.54) is 5.57 Å². The van der Waals surface area contributed by atoms with Crippen molar-refractivity contribution in [3.63, 3.8) is 0 Å². The molecule has 0 N–H and O–H groups in total. The minimum atomic E-state index is -1.31. The van der Waals surface area contributed by atoms with Gasteiger partial charge in [-0.15, -0.1) is 0 Å². The molecule has 132 valence electrons. The molecule has 4 nitrogen and oxygen atoms in total. The Bertz CT molecular complexity index is 741. The average molecular weight is 342 g/mol. The Kier molecular flexibility index (Phi) is 5.13. The van der Waals surface area contributed by atoms with E-state index in [0.717, 1.165) is 11.3 Å². The van der Waals surface area contributed by atoms with E-state index in [0.29, 0.717) is 49.8 Å². The van der Waals surface area contributed by atoms with Crippen molar-refractivity contribution in [1.29, 1.82) is 0 Å². The lowest BCUT2D eigenvalue weighted by molar-refractivity contribution is -0.0114. The Morgan fingerprint density at radius 3 is 2.52 bits per heavy atom. The second-order valence-corrected chi connectivity index (χ2v) is 6.41. The molecule has 5 heteroatoms. The number of nitrogens with zero attached hydrogens (tertiary/aromatic N) is 2. The predicted octanol–water partition coefficient (Wildman–Crippen LogP) is 4.08. The Morgan fingerprint density at radius 2 is 1.96 bits per heavy atom. The highest BCUT2D eigenvalue weighted by Gasteiger charge is 2.34. The predicted molar refractivity (Wildman–Crippen MR) is 98.8 cm³/mol. The summed E-state index contributed by atoms with van der Waals surface area (Å²) in [6, 6.07) is 7.32. The van der Waals surface area contributed by atoms with Gasteiger partial charge in [0.2, 0.25) is 5.90 Å². The van der Waals surface area contributed by atoms with Crippen LogP contribution in [0.4, 0.5) is 4.39 Å². The minimum absolute atomic E-state index is 0.394. The Hall–Kier alpha value is -2.27. The molecule has 1 fully saturated rings. The smallest absolute Gasteiger partial charge is 0.239 e. The highest BCUT2D eigenvalue weighted by molar-refractivity contribution is 6.44. The van der Waals surface area contributed by atoms with Crippen LogP contribution in [0.3, 0.4) is 0 Å². The molecule has 1 aromatic rings. The third-order valence-corrected chi connectivity index (χ3v) is 4.55. The van der Waals surface area contributed by atoms with Crippen LogP contribution in [-0.2, 0) is 15.1 Å². The first-order valence-corrected chi connectivity index (χ1v) is 8.43. The summed E-state index contributed by atoms with van der Waals surface area (Å²) in [7, 11) is 1.57. The lowest BCUT2D eigenvalue weighted by Crippen LogP contribution is -2.29. The van der Waals surface area contributed by atoms with E-state index in [1.54, 1.807) is 7.11 Å². The highest BCUT2D eigenvalue weighted by Crippen LogP contribution is 2.36. The molecule has 0 saturated carbocycles. The van der Waals surface area contributed by atoms with Crippen LogP contribution in [0.2, 0.25) is 0 Å². The molecular formula is C20H23FN2O2. The summed E-state index contributed by atoms with van der Waals surface area (Å²) in [6.07, 6.45) is 2.74. The van der Waals surface area contributed by atoms with E-state index in [2.05, 4.69) is 16.6 Å². The van der Waals surface area contributed by atoms with E-state index < -0.39 is 5.67 Å². The number of halogens is 1. The van der Waals surface area contributed by atoms with Gasteiger partial charge in [0, 0.05) is 26.1 Å².